The van der Waals surface area contributed by atoms with E-state index in [0.717, 1.165) is 16.9 Å². The van der Waals surface area contributed by atoms with E-state index in [1.807, 2.05) is 34.8 Å². The van der Waals surface area contributed by atoms with E-state index in [1.54, 1.807) is 32.6 Å². The third-order valence-corrected chi connectivity index (χ3v) is 3.10. The van der Waals surface area contributed by atoms with Crippen LogP contribution in [0.25, 0.3) is 16.9 Å². The molecule has 100 valence electrons. The minimum absolute atomic E-state index is 0.0543. The molecule has 0 aliphatic heterocycles. The Morgan fingerprint density at radius 3 is 2.70 bits per heavy atom. The average Bonchev–Trinajstić information content (AvgIpc) is 2.95. The quantitative estimate of drug-likeness (QED) is 0.713. The number of carbonyl (C=O) groups is 1. The summed E-state index contributed by atoms with van der Waals surface area (Å²) in [5.41, 5.74) is 3.27. The van der Waals surface area contributed by atoms with Gasteiger partial charge in [-0.2, -0.15) is 5.10 Å². The van der Waals surface area contributed by atoms with Crippen LogP contribution >= 0.6 is 0 Å². The van der Waals surface area contributed by atoms with E-state index >= 15 is 0 Å². The minimum atomic E-state index is -0.0543. The Morgan fingerprint density at radius 1 is 1.15 bits per heavy atom. The van der Waals surface area contributed by atoms with Gasteiger partial charge >= 0.3 is 0 Å². The molecule has 0 aliphatic rings. The van der Waals surface area contributed by atoms with Crippen LogP contribution in [0.15, 0.2) is 48.8 Å². The molecule has 0 N–H and O–H groups in total. The smallest absolute Gasteiger partial charge is 0.254 e. The van der Waals surface area contributed by atoms with Crippen LogP contribution in [-0.4, -0.2) is 39.5 Å². The number of hydrogen-bond donors (Lipinski definition) is 0. The van der Waals surface area contributed by atoms with E-state index < -0.39 is 0 Å². The van der Waals surface area contributed by atoms with Gasteiger partial charge in [0.2, 0.25) is 0 Å². The second kappa shape index (κ2) is 4.77. The van der Waals surface area contributed by atoms with Crippen molar-refractivity contribution in [2.45, 2.75) is 0 Å². The summed E-state index contributed by atoms with van der Waals surface area (Å²) < 4.78 is 1.83. The molecule has 0 radical (unpaired) electrons. The zero-order valence-electron chi connectivity index (χ0n) is 11.3. The fourth-order valence-electron chi connectivity index (χ4n) is 2.07. The lowest BCUT2D eigenvalue weighted by atomic mass is 10.2. The maximum Gasteiger partial charge on any atom is 0.254 e. The summed E-state index contributed by atoms with van der Waals surface area (Å²) in [6, 6.07) is 11.5. The Hall–Kier alpha value is -2.69. The maximum absolute atomic E-state index is 11.8. The van der Waals surface area contributed by atoms with Gasteiger partial charge in [0, 0.05) is 20.3 Å². The molecule has 3 aromatic rings. The fourth-order valence-corrected chi connectivity index (χ4v) is 2.07. The number of fused-ring (bicyclic) bond motifs is 1. The highest BCUT2D eigenvalue weighted by atomic mass is 16.2. The van der Waals surface area contributed by atoms with Crippen molar-refractivity contribution in [1.29, 1.82) is 0 Å². The van der Waals surface area contributed by atoms with Crippen LogP contribution in [0.5, 0.6) is 0 Å². The Balaban J connectivity index is 2.03. The van der Waals surface area contributed by atoms with Gasteiger partial charge in [0.1, 0.15) is 0 Å². The summed E-state index contributed by atoms with van der Waals surface area (Å²) in [6.45, 7) is 0. The van der Waals surface area contributed by atoms with E-state index in [-0.39, 0.29) is 5.91 Å². The van der Waals surface area contributed by atoms with Gasteiger partial charge in [-0.1, -0.05) is 6.07 Å². The van der Waals surface area contributed by atoms with Crippen molar-refractivity contribution in [1.82, 2.24) is 19.5 Å². The van der Waals surface area contributed by atoms with Crippen molar-refractivity contribution in [3.05, 3.63) is 54.4 Å². The fraction of sp³-hybridized carbons (Fsp3) is 0.133. The van der Waals surface area contributed by atoms with Crippen molar-refractivity contribution in [2.75, 3.05) is 14.1 Å². The first-order valence-corrected chi connectivity index (χ1v) is 6.27. The minimum Gasteiger partial charge on any atom is -0.345 e. The van der Waals surface area contributed by atoms with E-state index in [2.05, 4.69) is 10.1 Å². The summed E-state index contributed by atoms with van der Waals surface area (Å²) >= 11 is 0. The lowest BCUT2D eigenvalue weighted by Crippen LogP contribution is -2.21. The van der Waals surface area contributed by atoms with Crippen LogP contribution in [0.2, 0.25) is 0 Å². The van der Waals surface area contributed by atoms with Crippen molar-refractivity contribution in [3.63, 3.8) is 0 Å². The maximum atomic E-state index is 11.8. The summed E-state index contributed by atoms with van der Waals surface area (Å²) in [6.07, 6.45) is 3.35. The molecule has 20 heavy (non-hydrogen) atoms. The Bertz CT molecular complexity index is 759. The second-order valence-corrected chi connectivity index (χ2v) is 4.71. The van der Waals surface area contributed by atoms with Crippen molar-refractivity contribution < 1.29 is 4.79 Å². The molecule has 0 atom stereocenters. The van der Waals surface area contributed by atoms with Crippen molar-refractivity contribution >= 4 is 11.4 Å². The Kier molecular flexibility index (Phi) is 2.95. The standard InChI is InChI=1S/C15H14N4O/c1-18(2)15(20)11-6-7-13(16-10-11)14-5-3-4-12-8-9-17-19(12)14/h3-10H,1-2H3. The highest BCUT2D eigenvalue weighted by molar-refractivity contribution is 5.93. The molecule has 3 aromatic heterocycles. The van der Waals surface area contributed by atoms with Gasteiger partial charge in [0.25, 0.3) is 5.91 Å². The first-order valence-electron chi connectivity index (χ1n) is 6.27. The number of amides is 1. The monoisotopic (exact) mass is 266 g/mol. The first kappa shape index (κ1) is 12.3. The Morgan fingerprint density at radius 2 is 2.00 bits per heavy atom. The lowest BCUT2D eigenvalue weighted by Gasteiger charge is -2.10. The molecule has 5 nitrogen and oxygen atoms in total. The number of hydrogen-bond acceptors (Lipinski definition) is 3. The van der Waals surface area contributed by atoms with E-state index in [1.165, 1.54) is 4.90 Å². The molecule has 5 heteroatoms. The van der Waals surface area contributed by atoms with Crippen molar-refractivity contribution in [3.8, 4) is 11.4 Å². The van der Waals surface area contributed by atoms with Gasteiger partial charge < -0.3 is 4.90 Å². The molecule has 0 fully saturated rings. The molecule has 0 aliphatic carbocycles. The van der Waals surface area contributed by atoms with Crippen LogP contribution in [0.1, 0.15) is 10.4 Å². The molecule has 1 amide bonds. The van der Waals surface area contributed by atoms with Crippen LogP contribution in [0.3, 0.4) is 0 Å². The molecule has 0 bridgehead atoms. The highest BCUT2D eigenvalue weighted by Gasteiger charge is 2.10. The van der Waals surface area contributed by atoms with Crippen LogP contribution < -0.4 is 0 Å². The predicted molar refractivity (Wildman–Crippen MR) is 76.4 cm³/mol. The molecule has 0 spiro atoms. The third-order valence-electron chi connectivity index (χ3n) is 3.10. The number of aromatic nitrogens is 3. The number of pyridine rings is 2. The van der Waals surface area contributed by atoms with E-state index in [0.29, 0.717) is 5.56 Å². The molecular weight excluding hydrogens is 252 g/mol. The van der Waals surface area contributed by atoms with Gasteiger partial charge in [0.15, 0.2) is 0 Å². The average molecular weight is 266 g/mol. The molecule has 0 aromatic carbocycles. The van der Waals surface area contributed by atoms with Crippen LogP contribution in [0.4, 0.5) is 0 Å². The summed E-state index contributed by atoms with van der Waals surface area (Å²) in [4.78, 5) is 17.7. The predicted octanol–water partition coefficient (Wildman–Crippen LogP) is 2.10. The molecule has 0 unspecified atom stereocenters. The van der Waals surface area contributed by atoms with Crippen LogP contribution in [-0.2, 0) is 0 Å². The number of nitrogens with zero attached hydrogens (tertiary/aromatic N) is 4. The number of rotatable bonds is 2. The van der Waals surface area contributed by atoms with E-state index in [9.17, 15) is 4.79 Å². The molecule has 0 saturated heterocycles. The molecular formula is C15H14N4O. The van der Waals surface area contributed by atoms with E-state index in [4.69, 9.17) is 0 Å². The SMILES string of the molecule is CN(C)C(=O)c1ccc(-c2cccc3ccnn23)nc1. The lowest BCUT2D eigenvalue weighted by molar-refractivity contribution is 0.0827. The molecule has 0 saturated carbocycles. The molecule has 3 heterocycles. The van der Waals surface area contributed by atoms with Gasteiger partial charge in [0.05, 0.1) is 28.7 Å². The summed E-state index contributed by atoms with van der Waals surface area (Å²) in [5.74, 6) is -0.0543. The first-order chi connectivity index (χ1) is 9.66. The number of carbonyl (C=O) groups excluding carboxylic acids is 1. The zero-order valence-corrected chi connectivity index (χ0v) is 11.3. The topological polar surface area (TPSA) is 50.5 Å². The second-order valence-electron chi connectivity index (χ2n) is 4.71. The highest BCUT2D eigenvalue weighted by Crippen LogP contribution is 2.18. The summed E-state index contributed by atoms with van der Waals surface area (Å²) in [7, 11) is 3.45. The third kappa shape index (κ3) is 2.03. The summed E-state index contributed by atoms with van der Waals surface area (Å²) in [5, 5.41) is 4.28. The largest absolute Gasteiger partial charge is 0.345 e. The van der Waals surface area contributed by atoms with Gasteiger partial charge in [-0.05, 0) is 30.3 Å². The zero-order chi connectivity index (χ0) is 14.1. The van der Waals surface area contributed by atoms with Gasteiger partial charge in [-0.3, -0.25) is 9.78 Å². The van der Waals surface area contributed by atoms with Crippen molar-refractivity contribution in [2.24, 2.45) is 0 Å². The van der Waals surface area contributed by atoms with Crippen LogP contribution in [0, 0.1) is 0 Å². The van der Waals surface area contributed by atoms with Gasteiger partial charge in [-0.25, -0.2) is 4.52 Å². The van der Waals surface area contributed by atoms with Gasteiger partial charge in [-0.15, -0.1) is 0 Å². The molecule has 3 rings (SSSR count). The normalized spacial score (nSPS) is 10.7. The Labute approximate surface area is 116 Å².